The molecule has 0 spiro atoms. The molecule has 0 saturated heterocycles. The van der Waals surface area contributed by atoms with Crippen LogP contribution < -0.4 is 9.47 Å². The normalized spacial score (nSPS) is 11.5. The van der Waals surface area contributed by atoms with E-state index in [9.17, 15) is 0 Å². The fourth-order valence-electron chi connectivity index (χ4n) is 5.51. The summed E-state index contributed by atoms with van der Waals surface area (Å²) in [4.78, 5) is 0. The summed E-state index contributed by atoms with van der Waals surface area (Å²) in [5, 5.41) is 7.08. The molecular weight excluding hydrogens is 456 g/mol. The van der Waals surface area contributed by atoms with Crippen molar-refractivity contribution in [2.45, 2.75) is 0 Å². The van der Waals surface area contributed by atoms with Gasteiger partial charge in [0.1, 0.15) is 22.7 Å². The summed E-state index contributed by atoms with van der Waals surface area (Å²) in [7, 11) is 3.38. The molecule has 0 fully saturated rings. The first-order valence-corrected chi connectivity index (χ1v) is 12.3. The highest BCUT2D eigenvalue weighted by Crippen LogP contribution is 2.45. The standard InChI is InChI=1S/C34H24O3/c1-35-23-15-11-21(12-16-23)29-19-31-33(27-9-5-3-7-25(27)29)34-28-10-6-4-8-26(28)30(20-32(34)37-31)22-13-17-24(36-2)18-14-22/h3-20H,1-2H3. The smallest absolute Gasteiger partial charge is 0.136 e. The summed E-state index contributed by atoms with van der Waals surface area (Å²) >= 11 is 0. The van der Waals surface area contributed by atoms with Gasteiger partial charge in [0.05, 0.1) is 14.2 Å². The first-order valence-electron chi connectivity index (χ1n) is 12.3. The topological polar surface area (TPSA) is 31.6 Å². The Bertz CT molecular complexity index is 1790. The Hall–Kier alpha value is -4.76. The Labute approximate surface area is 214 Å². The van der Waals surface area contributed by atoms with Crippen LogP contribution in [-0.4, -0.2) is 14.2 Å². The lowest BCUT2D eigenvalue weighted by Crippen LogP contribution is -1.86. The van der Waals surface area contributed by atoms with Gasteiger partial charge in [0.2, 0.25) is 0 Å². The van der Waals surface area contributed by atoms with Gasteiger partial charge in [-0.3, -0.25) is 0 Å². The highest BCUT2D eigenvalue weighted by Gasteiger charge is 2.19. The number of ether oxygens (including phenoxy) is 2. The molecular formula is C34H24O3. The first kappa shape index (κ1) is 21.5. The quantitative estimate of drug-likeness (QED) is 0.252. The lowest BCUT2D eigenvalue weighted by molar-refractivity contribution is 0.415. The number of hydrogen-bond acceptors (Lipinski definition) is 3. The molecule has 0 saturated carbocycles. The van der Waals surface area contributed by atoms with Gasteiger partial charge < -0.3 is 13.9 Å². The van der Waals surface area contributed by atoms with E-state index in [1.807, 2.05) is 24.3 Å². The third-order valence-corrected chi connectivity index (χ3v) is 7.29. The predicted molar refractivity (Wildman–Crippen MR) is 153 cm³/mol. The molecule has 0 N–H and O–H groups in total. The maximum absolute atomic E-state index is 6.63. The molecule has 0 aliphatic heterocycles. The summed E-state index contributed by atoms with van der Waals surface area (Å²) in [6.07, 6.45) is 0. The van der Waals surface area contributed by atoms with Crippen LogP contribution in [0.25, 0.3) is 65.7 Å². The Morgan fingerprint density at radius 3 is 1.22 bits per heavy atom. The molecule has 0 unspecified atom stereocenters. The monoisotopic (exact) mass is 480 g/mol. The van der Waals surface area contributed by atoms with Gasteiger partial charge in [-0.2, -0.15) is 0 Å². The number of rotatable bonds is 4. The second kappa shape index (κ2) is 8.42. The van der Waals surface area contributed by atoms with Gasteiger partial charge in [0, 0.05) is 10.8 Å². The van der Waals surface area contributed by atoms with Gasteiger partial charge in [-0.25, -0.2) is 0 Å². The van der Waals surface area contributed by atoms with Gasteiger partial charge in [0.15, 0.2) is 0 Å². The van der Waals surface area contributed by atoms with Gasteiger partial charge >= 0.3 is 0 Å². The van der Waals surface area contributed by atoms with E-state index in [1.54, 1.807) is 14.2 Å². The lowest BCUT2D eigenvalue weighted by Gasteiger charge is -2.11. The van der Waals surface area contributed by atoms with E-state index in [2.05, 4.69) is 84.9 Å². The van der Waals surface area contributed by atoms with Gasteiger partial charge in [-0.05, 0) is 80.2 Å². The van der Waals surface area contributed by atoms with Crippen molar-refractivity contribution in [3.8, 4) is 33.8 Å². The Balaban J connectivity index is 1.57. The van der Waals surface area contributed by atoms with E-state index in [1.165, 1.54) is 21.5 Å². The van der Waals surface area contributed by atoms with Gasteiger partial charge in [-0.15, -0.1) is 0 Å². The fourth-order valence-corrected chi connectivity index (χ4v) is 5.51. The molecule has 6 aromatic carbocycles. The molecule has 0 aliphatic rings. The molecule has 1 heterocycles. The van der Waals surface area contributed by atoms with E-state index in [0.717, 1.165) is 55.7 Å². The third kappa shape index (κ3) is 3.35. The molecule has 0 atom stereocenters. The van der Waals surface area contributed by atoms with Crippen LogP contribution in [0.1, 0.15) is 0 Å². The van der Waals surface area contributed by atoms with Crippen LogP contribution in [0.4, 0.5) is 0 Å². The third-order valence-electron chi connectivity index (χ3n) is 7.29. The molecule has 178 valence electrons. The van der Waals surface area contributed by atoms with Crippen molar-refractivity contribution in [1.29, 1.82) is 0 Å². The Kier molecular flexibility index (Phi) is 4.90. The zero-order chi connectivity index (χ0) is 24.9. The maximum atomic E-state index is 6.63. The molecule has 1 aromatic heterocycles. The van der Waals surface area contributed by atoms with Crippen molar-refractivity contribution in [2.75, 3.05) is 14.2 Å². The molecule has 0 bridgehead atoms. The second-order valence-corrected chi connectivity index (χ2v) is 9.24. The van der Waals surface area contributed by atoms with Crippen LogP contribution in [0.15, 0.2) is 114 Å². The number of furan rings is 1. The minimum Gasteiger partial charge on any atom is -0.497 e. The van der Waals surface area contributed by atoms with Crippen LogP contribution in [0.5, 0.6) is 11.5 Å². The molecule has 0 amide bonds. The highest BCUT2D eigenvalue weighted by molar-refractivity contribution is 6.29. The Morgan fingerprint density at radius 2 is 0.838 bits per heavy atom. The molecule has 7 aromatic rings. The van der Waals surface area contributed by atoms with Crippen LogP contribution in [-0.2, 0) is 0 Å². The van der Waals surface area contributed by atoms with E-state index in [4.69, 9.17) is 13.9 Å². The number of fused-ring (bicyclic) bond motifs is 7. The maximum Gasteiger partial charge on any atom is 0.136 e. The predicted octanol–water partition coefficient (Wildman–Crippen LogP) is 9.24. The molecule has 7 rings (SSSR count). The highest BCUT2D eigenvalue weighted by atomic mass is 16.5. The van der Waals surface area contributed by atoms with Gasteiger partial charge in [-0.1, -0.05) is 72.8 Å². The lowest BCUT2D eigenvalue weighted by atomic mass is 9.91. The summed E-state index contributed by atoms with van der Waals surface area (Å²) in [5.74, 6) is 1.69. The number of methoxy groups -OCH3 is 2. The molecule has 3 heteroatoms. The average molecular weight is 481 g/mol. The second-order valence-electron chi connectivity index (χ2n) is 9.24. The molecule has 37 heavy (non-hydrogen) atoms. The van der Waals surface area contributed by atoms with Crippen LogP contribution >= 0.6 is 0 Å². The minimum absolute atomic E-state index is 0.843. The van der Waals surface area contributed by atoms with Crippen molar-refractivity contribution >= 4 is 43.5 Å². The zero-order valence-corrected chi connectivity index (χ0v) is 20.6. The van der Waals surface area contributed by atoms with Crippen molar-refractivity contribution in [3.05, 3.63) is 109 Å². The van der Waals surface area contributed by atoms with Crippen LogP contribution in [0.3, 0.4) is 0 Å². The van der Waals surface area contributed by atoms with E-state index in [-0.39, 0.29) is 0 Å². The van der Waals surface area contributed by atoms with Crippen LogP contribution in [0.2, 0.25) is 0 Å². The van der Waals surface area contributed by atoms with Crippen molar-refractivity contribution in [1.82, 2.24) is 0 Å². The Morgan fingerprint density at radius 1 is 0.459 bits per heavy atom. The number of benzene rings is 6. The molecule has 3 nitrogen and oxygen atoms in total. The summed E-state index contributed by atoms with van der Waals surface area (Å²) in [6, 6.07) is 38.0. The minimum atomic E-state index is 0.843. The molecule has 0 radical (unpaired) electrons. The fraction of sp³-hybridized carbons (Fsp3) is 0.0588. The summed E-state index contributed by atoms with van der Waals surface area (Å²) in [6.45, 7) is 0. The SMILES string of the molecule is COc1ccc(-c2cc3oc4cc(-c5ccc(OC)cc5)c5ccccc5c4c3c3ccccc23)cc1. The average Bonchev–Trinajstić information content (AvgIpc) is 3.35. The number of hydrogen-bond donors (Lipinski definition) is 0. The van der Waals surface area contributed by atoms with Crippen molar-refractivity contribution < 1.29 is 13.9 Å². The van der Waals surface area contributed by atoms with Gasteiger partial charge in [0.25, 0.3) is 0 Å². The van der Waals surface area contributed by atoms with Crippen molar-refractivity contribution in [2.24, 2.45) is 0 Å². The summed E-state index contributed by atoms with van der Waals surface area (Å²) < 4.78 is 17.4. The largest absolute Gasteiger partial charge is 0.497 e. The van der Waals surface area contributed by atoms with Crippen molar-refractivity contribution in [3.63, 3.8) is 0 Å². The molecule has 0 aliphatic carbocycles. The van der Waals surface area contributed by atoms with E-state index < -0.39 is 0 Å². The van der Waals surface area contributed by atoms with Crippen LogP contribution in [0, 0.1) is 0 Å². The summed E-state index contributed by atoms with van der Waals surface area (Å²) in [5.41, 5.74) is 6.31. The zero-order valence-electron chi connectivity index (χ0n) is 20.6. The van der Waals surface area contributed by atoms with E-state index in [0.29, 0.717) is 0 Å². The van der Waals surface area contributed by atoms with E-state index >= 15 is 0 Å². The first-order chi connectivity index (χ1) is 18.2.